The van der Waals surface area contributed by atoms with Crippen molar-refractivity contribution < 1.29 is 9.90 Å². The molecule has 24 heavy (non-hydrogen) atoms. The Labute approximate surface area is 152 Å². The highest BCUT2D eigenvalue weighted by atomic mass is 35.5. The average molecular weight is 367 g/mol. The minimum absolute atomic E-state index is 0.109. The van der Waals surface area contributed by atoms with Crippen molar-refractivity contribution >= 4 is 34.8 Å². The van der Waals surface area contributed by atoms with E-state index in [-0.39, 0.29) is 5.91 Å². The number of nitrogens with one attached hydrogen (secondary N) is 1. The van der Waals surface area contributed by atoms with E-state index in [9.17, 15) is 9.90 Å². The summed E-state index contributed by atoms with van der Waals surface area (Å²) in [7, 11) is 1.83. The van der Waals surface area contributed by atoms with Crippen molar-refractivity contribution in [1.82, 2.24) is 4.90 Å². The number of hydrogen-bond acceptors (Lipinski definition) is 3. The number of aliphatic hydroxyl groups is 1. The first kappa shape index (κ1) is 18.7. The number of nitrogens with zero attached hydrogens (tertiary/aromatic N) is 1. The third-order valence-electron chi connectivity index (χ3n) is 3.64. The molecule has 4 nitrogen and oxygen atoms in total. The number of amides is 1. The summed E-state index contributed by atoms with van der Waals surface area (Å²) in [6.07, 6.45) is -0.175. The summed E-state index contributed by atoms with van der Waals surface area (Å²) in [6.45, 7) is 1.98. The molecule has 2 aromatic rings. The third-order valence-corrected chi connectivity index (χ3v) is 4.22. The largest absolute Gasteiger partial charge is 0.378 e. The van der Waals surface area contributed by atoms with E-state index in [0.29, 0.717) is 23.0 Å². The van der Waals surface area contributed by atoms with Crippen molar-refractivity contribution in [2.75, 3.05) is 12.4 Å². The van der Waals surface area contributed by atoms with Crippen LogP contribution in [-0.2, 0) is 17.8 Å². The second kappa shape index (κ2) is 8.49. The van der Waals surface area contributed by atoms with Gasteiger partial charge in [-0.25, -0.2) is 0 Å². The van der Waals surface area contributed by atoms with Crippen molar-refractivity contribution in [3.8, 4) is 0 Å². The van der Waals surface area contributed by atoms with E-state index in [1.54, 1.807) is 12.1 Å². The maximum atomic E-state index is 11.0. The van der Waals surface area contributed by atoms with Crippen LogP contribution in [0.15, 0.2) is 42.5 Å². The molecule has 0 heterocycles. The fourth-order valence-corrected chi connectivity index (χ4v) is 2.79. The lowest BCUT2D eigenvalue weighted by Crippen LogP contribution is -2.32. The SMILES string of the molecule is CC(=O)Nc1ccc(CC(O)N(C)Cc2ccc(Cl)cc2Cl)cc1. The zero-order valence-corrected chi connectivity index (χ0v) is 15.1. The molecule has 1 unspecified atom stereocenters. The minimum Gasteiger partial charge on any atom is -0.378 e. The van der Waals surface area contributed by atoms with Crippen LogP contribution in [0, 0.1) is 0 Å². The zero-order chi connectivity index (χ0) is 17.7. The highest BCUT2D eigenvalue weighted by Crippen LogP contribution is 2.22. The first-order valence-electron chi connectivity index (χ1n) is 7.54. The molecule has 0 spiro atoms. The van der Waals surface area contributed by atoms with E-state index in [1.165, 1.54) is 6.92 Å². The summed E-state index contributed by atoms with van der Waals surface area (Å²) < 4.78 is 0. The molecule has 0 radical (unpaired) electrons. The molecular weight excluding hydrogens is 347 g/mol. The van der Waals surface area contributed by atoms with Crippen LogP contribution in [0.2, 0.25) is 10.0 Å². The van der Waals surface area contributed by atoms with Gasteiger partial charge in [-0.1, -0.05) is 41.4 Å². The number of likely N-dealkylation sites (N-methyl/N-ethyl adjacent to an activating group) is 1. The molecule has 128 valence electrons. The molecule has 0 aromatic heterocycles. The van der Waals surface area contributed by atoms with Crippen LogP contribution in [-0.4, -0.2) is 29.2 Å². The highest BCUT2D eigenvalue weighted by Gasteiger charge is 2.14. The van der Waals surface area contributed by atoms with Gasteiger partial charge in [0.05, 0.1) is 0 Å². The number of halogens is 2. The van der Waals surface area contributed by atoms with Crippen LogP contribution in [0.1, 0.15) is 18.1 Å². The molecule has 0 aliphatic carbocycles. The Bertz CT molecular complexity index is 705. The number of anilines is 1. The van der Waals surface area contributed by atoms with Crippen LogP contribution in [0.25, 0.3) is 0 Å². The first-order chi connectivity index (χ1) is 11.3. The summed E-state index contributed by atoms with van der Waals surface area (Å²) in [6, 6.07) is 12.7. The van der Waals surface area contributed by atoms with Gasteiger partial charge in [-0.3, -0.25) is 9.69 Å². The van der Waals surface area contributed by atoms with Crippen LogP contribution in [0.3, 0.4) is 0 Å². The van der Waals surface area contributed by atoms with Gasteiger partial charge < -0.3 is 10.4 Å². The lowest BCUT2D eigenvalue weighted by molar-refractivity contribution is -0.114. The number of rotatable bonds is 6. The van der Waals surface area contributed by atoms with Crippen LogP contribution < -0.4 is 5.32 Å². The van der Waals surface area contributed by atoms with Crippen molar-refractivity contribution in [2.24, 2.45) is 0 Å². The number of benzene rings is 2. The lowest BCUT2D eigenvalue weighted by atomic mass is 10.1. The Balaban J connectivity index is 1.95. The van der Waals surface area contributed by atoms with E-state index in [0.717, 1.165) is 16.8 Å². The van der Waals surface area contributed by atoms with Crippen LogP contribution in [0.5, 0.6) is 0 Å². The van der Waals surface area contributed by atoms with Crippen LogP contribution in [0.4, 0.5) is 5.69 Å². The molecule has 1 amide bonds. The minimum atomic E-state index is -0.650. The Morgan fingerprint density at radius 3 is 2.46 bits per heavy atom. The Hall–Kier alpha value is -1.59. The number of carbonyl (C=O) groups is 1. The quantitative estimate of drug-likeness (QED) is 0.761. The highest BCUT2D eigenvalue weighted by molar-refractivity contribution is 6.35. The normalized spacial score (nSPS) is 12.2. The Kier molecular flexibility index (Phi) is 6.63. The molecule has 0 saturated carbocycles. The van der Waals surface area contributed by atoms with Gasteiger partial charge in [0.25, 0.3) is 0 Å². The van der Waals surface area contributed by atoms with Gasteiger partial charge in [0, 0.05) is 35.6 Å². The van der Waals surface area contributed by atoms with Crippen molar-refractivity contribution in [1.29, 1.82) is 0 Å². The number of aliphatic hydroxyl groups excluding tert-OH is 1. The van der Waals surface area contributed by atoms with E-state index in [2.05, 4.69) is 5.32 Å². The summed E-state index contributed by atoms with van der Waals surface area (Å²) in [5, 5.41) is 14.3. The van der Waals surface area contributed by atoms with E-state index < -0.39 is 6.23 Å². The van der Waals surface area contributed by atoms with Gasteiger partial charge in [0.1, 0.15) is 6.23 Å². The maximum absolute atomic E-state index is 11.0. The second-order valence-corrected chi connectivity index (χ2v) is 6.56. The molecule has 0 fully saturated rings. The molecule has 0 aliphatic heterocycles. The van der Waals surface area contributed by atoms with E-state index in [1.807, 2.05) is 42.3 Å². The first-order valence-corrected chi connectivity index (χ1v) is 8.29. The number of carbonyl (C=O) groups excluding carboxylic acids is 1. The van der Waals surface area contributed by atoms with Crippen molar-refractivity contribution in [3.05, 3.63) is 63.6 Å². The molecular formula is C18H20Cl2N2O2. The second-order valence-electron chi connectivity index (χ2n) is 5.71. The molecule has 6 heteroatoms. The summed E-state index contributed by atoms with van der Waals surface area (Å²) in [5.74, 6) is -0.109. The zero-order valence-electron chi connectivity index (χ0n) is 13.6. The predicted octanol–water partition coefficient (Wildman–Crippen LogP) is 3.94. The predicted molar refractivity (Wildman–Crippen MR) is 98.4 cm³/mol. The van der Waals surface area contributed by atoms with Gasteiger partial charge in [0.2, 0.25) is 5.91 Å². The smallest absolute Gasteiger partial charge is 0.221 e. The molecule has 2 aromatic carbocycles. The molecule has 0 saturated heterocycles. The molecule has 2 rings (SSSR count). The summed E-state index contributed by atoms with van der Waals surface area (Å²) in [5.41, 5.74) is 2.62. The van der Waals surface area contributed by atoms with Gasteiger partial charge in [-0.05, 0) is 42.4 Å². The van der Waals surface area contributed by atoms with Crippen molar-refractivity contribution in [2.45, 2.75) is 26.1 Å². The Morgan fingerprint density at radius 2 is 1.88 bits per heavy atom. The molecule has 0 aliphatic rings. The monoisotopic (exact) mass is 366 g/mol. The lowest BCUT2D eigenvalue weighted by Gasteiger charge is -2.24. The topological polar surface area (TPSA) is 52.6 Å². The third kappa shape index (κ3) is 5.49. The number of hydrogen-bond donors (Lipinski definition) is 2. The standard InChI is InChI=1S/C18H20Cl2N2O2/c1-12(23)21-16-7-3-13(4-8-16)9-18(24)22(2)11-14-5-6-15(19)10-17(14)20/h3-8,10,18,24H,9,11H2,1-2H3,(H,21,23). The Morgan fingerprint density at radius 1 is 1.21 bits per heavy atom. The summed E-state index contributed by atoms with van der Waals surface area (Å²) in [4.78, 5) is 12.8. The van der Waals surface area contributed by atoms with Crippen LogP contribution >= 0.6 is 23.2 Å². The van der Waals surface area contributed by atoms with Gasteiger partial charge >= 0.3 is 0 Å². The fraction of sp³-hybridized carbons (Fsp3) is 0.278. The van der Waals surface area contributed by atoms with Gasteiger partial charge in [-0.15, -0.1) is 0 Å². The molecule has 1 atom stereocenters. The fourth-order valence-electron chi connectivity index (χ4n) is 2.32. The molecule has 2 N–H and O–H groups in total. The van der Waals surface area contributed by atoms with E-state index in [4.69, 9.17) is 23.2 Å². The summed E-state index contributed by atoms with van der Waals surface area (Å²) >= 11 is 12.1. The van der Waals surface area contributed by atoms with Gasteiger partial charge in [-0.2, -0.15) is 0 Å². The van der Waals surface area contributed by atoms with Crippen molar-refractivity contribution in [3.63, 3.8) is 0 Å². The van der Waals surface area contributed by atoms with Gasteiger partial charge in [0.15, 0.2) is 0 Å². The maximum Gasteiger partial charge on any atom is 0.221 e. The van der Waals surface area contributed by atoms with E-state index >= 15 is 0 Å². The molecule has 0 bridgehead atoms. The average Bonchev–Trinajstić information content (AvgIpc) is 2.51.